The molecule has 6 nitrogen and oxygen atoms in total. The van der Waals surface area contributed by atoms with E-state index in [-0.39, 0.29) is 17.7 Å². The number of likely N-dealkylation sites (tertiary alicyclic amines) is 1. The molecule has 184 valence electrons. The molecule has 0 radical (unpaired) electrons. The average Bonchev–Trinajstić information content (AvgIpc) is 3.20. The van der Waals surface area contributed by atoms with Crippen LogP contribution in [0.25, 0.3) is 16.5 Å². The van der Waals surface area contributed by atoms with Gasteiger partial charge in [0.15, 0.2) is 0 Å². The van der Waals surface area contributed by atoms with Gasteiger partial charge in [-0.3, -0.25) is 9.59 Å². The summed E-state index contributed by atoms with van der Waals surface area (Å²) in [6.45, 7) is 5.66. The number of nitrogens with zero attached hydrogens (tertiary/aromatic N) is 4. The lowest BCUT2D eigenvalue weighted by molar-refractivity contribution is -0.136. The molecule has 0 spiro atoms. The summed E-state index contributed by atoms with van der Waals surface area (Å²) >= 11 is 0. The Kier molecular flexibility index (Phi) is 6.59. The first-order valence-corrected chi connectivity index (χ1v) is 12.6. The second kappa shape index (κ2) is 9.97. The lowest BCUT2D eigenvalue weighted by atomic mass is 9.95. The second-order valence-electron chi connectivity index (χ2n) is 9.71. The van der Waals surface area contributed by atoms with Gasteiger partial charge in [0.2, 0.25) is 5.91 Å². The topological polar surface area (TPSA) is 58.4 Å². The summed E-state index contributed by atoms with van der Waals surface area (Å²) in [4.78, 5) is 30.6. The van der Waals surface area contributed by atoms with Gasteiger partial charge in [0.25, 0.3) is 5.91 Å². The lowest BCUT2D eigenvalue weighted by Gasteiger charge is -2.34. The molecule has 36 heavy (non-hydrogen) atoms. The standard InChI is InChI=1S/C30H32N4O2/c1-21-28(22(2)34(31-21)25-14-5-4-6-15-25)20-32(3)29(35)24-13-10-18-33(19-24)30(36)27-17-9-12-23-11-7-8-16-26(23)27/h4-9,11-12,14-17,24H,10,13,18-20H2,1-3H3. The zero-order chi connectivity index (χ0) is 25.2. The van der Waals surface area contributed by atoms with Gasteiger partial charge in [-0.05, 0) is 55.7 Å². The Bertz CT molecular complexity index is 1400. The smallest absolute Gasteiger partial charge is 0.254 e. The Morgan fingerprint density at radius 1 is 0.972 bits per heavy atom. The van der Waals surface area contributed by atoms with Crippen molar-refractivity contribution in [3.8, 4) is 5.69 Å². The van der Waals surface area contributed by atoms with Crippen molar-refractivity contribution in [1.82, 2.24) is 19.6 Å². The molecule has 4 aromatic rings. The van der Waals surface area contributed by atoms with Crippen LogP contribution in [-0.4, -0.2) is 51.5 Å². The van der Waals surface area contributed by atoms with Gasteiger partial charge >= 0.3 is 0 Å². The summed E-state index contributed by atoms with van der Waals surface area (Å²) in [5, 5.41) is 6.73. The third-order valence-corrected chi connectivity index (χ3v) is 7.29. The first-order valence-electron chi connectivity index (χ1n) is 12.6. The molecule has 1 atom stereocenters. The maximum Gasteiger partial charge on any atom is 0.254 e. The van der Waals surface area contributed by atoms with Crippen LogP contribution in [0.4, 0.5) is 0 Å². The van der Waals surface area contributed by atoms with Crippen LogP contribution < -0.4 is 0 Å². The van der Waals surface area contributed by atoms with Crippen LogP contribution in [0.15, 0.2) is 72.8 Å². The van der Waals surface area contributed by atoms with Crippen molar-refractivity contribution in [3.05, 3.63) is 95.3 Å². The minimum Gasteiger partial charge on any atom is -0.341 e. The van der Waals surface area contributed by atoms with E-state index >= 15 is 0 Å². The Labute approximate surface area is 212 Å². The highest BCUT2D eigenvalue weighted by molar-refractivity contribution is 6.07. The van der Waals surface area contributed by atoms with E-state index in [0.29, 0.717) is 25.2 Å². The molecule has 6 heteroatoms. The number of carbonyl (C=O) groups is 2. The number of piperidine rings is 1. The van der Waals surface area contributed by atoms with E-state index in [9.17, 15) is 9.59 Å². The number of aromatic nitrogens is 2. The zero-order valence-electron chi connectivity index (χ0n) is 21.1. The van der Waals surface area contributed by atoms with Gasteiger partial charge in [-0.1, -0.05) is 54.6 Å². The van der Waals surface area contributed by atoms with E-state index in [1.165, 1.54) is 0 Å². The number of para-hydroxylation sites is 1. The van der Waals surface area contributed by atoms with E-state index in [1.54, 1.807) is 4.90 Å². The van der Waals surface area contributed by atoms with Gasteiger partial charge in [-0.15, -0.1) is 0 Å². The highest BCUT2D eigenvalue weighted by Crippen LogP contribution is 2.26. The van der Waals surface area contributed by atoms with Crippen molar-refractivity contribution in [2.24, 2.45) is 5.92 Å². The van der Waals surface area contributed by atoms with Crippen LogP contribution in [0.3, 0.4) is 0 Å². The second-order valence-corrected chi connectivity index (χ2v) is 9.71. The summed E-state index contributed by atoms with van der Waals surface area (Å²) in [6, 6.07) is 23.8. The number of carbonyl (C=O) groups excluding carboxylic acids is 2. The molecule has 1 unspecified atom stereocenters. The van der Waals surface area contributed by atoms with Crippen molar-refractivity contribution in [1.29, 1.82) is 0 Å². The molecule has 5 rings (SSSR count). The van der Waals surface area contributed by atoms with Gasteiger partial charge < -0.3 is 9.80 Å². The van der Waals surface area contributed by atoms with E-state index in [0.717, 1.165) is 46.3 Å². The van der Waals surface area contributed by atoms with Crippen molar-refractivity contribution in [3.63, 3.8) is 0 Å². The maximum atomic E-state index is 13.5. The molecule has 2 amide bonds. The number of amides is 2. The summed E-state index contributed by atoms with van der Waals surface area (Å²) in [5.41, 5.74) is 4.73. The van der Waals surface area contributed by atoms with Crippen molar-refractivity contribution in [2.45, 2.75) is 33.2 Å². The monoisotopic (exact) mass is 480 g/mol. The number of rotatable bonds is 5. The summed E-state index contributed by atoms with van der Waals surface area (Å²) in [5.74, 6) is -0.119. The van der Waals surface area contributed by atoms with E-state index in [2.05, 4.69) is 0 Å². The molecular weight excluding hydrogens is 448 g/mol. The molecule has 0 aliphatic carbocycles. The highest BCUT2D eigenvalue weighted by Gasteiger charge is 2.31. The van der Waals surface area contributed by atoms with Crippen molar-refractivity contribution in [2.75, 3.05) is 20.1 Å². The minimum absolute atomic E-state index is 0.00257. The Morgan fingerprint density at radius 3 is 2.50 bits per heavy atom. The molecule has 1 aliphatic rings. The third kappa shape index (κ3) is 4.51. The number of benzene rings is 3. The van der Waals surface area contributed by atoms with Gasteiger partial charge in [0.05, 0.1) is 17.3 Å². The largest absolute Gasteiger partial charge is 0.341 e. The summed E-state index contributed by atoms with van der Waals surface area (Å²) in [7, 11) is 1.85. The van der Waals surface area contributed by atoms with Crippen LogP contribution in [-0.2, 0) is 11.3 Å². The number of fused-ring (bicyclic) bond motifs is 1. The normalized spacial score (nSPS) is 15.8. The summed E-state index contributed by atoms with van der Waals surface area (Å²) < 4.78 is 1.94. The molecule has 0 N–H and O–H groups in total. The van der Waals surface area contributed by atoms with Gasteiger partial charge in [0.1, 0.15) is 0 Å². The van der Waals surface area contributed by atoms with Gasteiger partial charge in [-0.2, -0.15) is 5.10 Å². The van der Waals surface area contributed by atoms with Crippen LogP contribution >= 0.6 is 0 Å². The fraction of sp³-hybridized carbons (Fsp3) is 0.300. The van der Waals surface area contributed by atoms with Crippen molar-refractivity contribution < 1.29 is 9.59 Å². The average molecular weight is 481 g/mol. The van der Waals surface area contributed by atoms with Crippen molar-refractivity contribution >= 4 is 22.6 Å². The maximum absolute atomic E-state index is 13.5. The Hall–Kier alpha value is -3.93. The number of hydrogen-bond donors (Lipinski definition) is 0. The van der Waals surface area contributed by atoms with Crippen LogP contribution in [0.2, 0.25) is 0 Å². The quantitative estimate of drug-likeness (QED) is 0.397. The summed E-state index contributed by atoms with van der Waals surface area (Å²) in [6.07, 6.45) is 1.62. The van der Waals surface area contributed by atoms with Crippen LogP contribution in [0.5, 0.6) is 0 Å². The Morgan fingerprint density at radius 2 is 1.69 bits per heavy atom. The minimum atomic E-state index is -0.201. The molecule has 0 saturated carbocycles. The van der Waals surface area contributed by atoms with E-state index in [1.807, 2.05) is 103 Å². The first kappa shape index (κ1) is 23.8. The molecule has 1 aromatic heterocycles. The predicted octanol–water partition coefficient (Wildman–Crippen LogP) is 5.15. The highest BCUT2D eigenvalue weighted by atomic mass is 16.2. The molecule has 1 saturated heterocycles. The van der Waals surface area contributed by atoms with E-state index < -0.39 is 0 Å². The molecule has 1 fully saturated rings. The van der Waals surface area contributed by atoms with Gasteiger partial charge in [0, 0.05) is 43.5 Å². The molecule has 1 aliphatic heterocycles. The SMILES string of the molecule is Cc1nn(-c2ccccc2)c(C)c1CN(C)C(=O)C1CCCN(C(=O)c2cccc3ccccc23)C1. The molecule has 0 bridgehead atoms. The fourth-order valence-electron chi connectivity index (χ4n) is 5.30. The van der Waals surface area contributed by atoms with Crippen LogP contribution in [0.1, 0.15) is 40.2 Å². The van der Waals surface area contributed by atoms with E-state index in [4.69, 9.17) is 5.10 Å². The molecule has 2 heterocycles. The number of hydrogen-bond acceptors (Lipinski definition) is 3. The fourth-order valence-corrected chi connectivity index (χ4v) is 5.30. The first-order chi connectivity index (χ1) is 17.4. The predicted molar refractivity (Wildman–Crippen MR) is 142 cm³/mol. The Balaban J connectivity index is 1.30. The lowest BCUT2D eigenvalue weighted by Crippen LogP contribution is -2.45. The third-order valence-electron chi connectivity index (χ3n) is 7.29. The number of aryl methyl sites for hydroxylation is 1. The molecule has 3 aromatic carbocycles. The molecular formula is C30H32N4O2. The zero-order valence-corrected chi connectivity index (χ0v) is 21.1. The van der Waals surface area contributed by atoms with Gasteiger partial charge in [-0.25, -0.2) is 4.68 Å². The van der Waals surface area contributed by atoms with Crippen LogP contribution in [0, 0.1) is 19.8 Å².